The minimum Gasteiger partial charge on any atom is -0.493 e. The summed E-state index contributed by atoms with van der Waals surface area (Å²) in [6.07, 6.45) is -1.86. The van der Waals surface area contributed by atoms with Gasteiger partial charge >= 0.3 is 6.18 Å². The Balaban J connectivity index is 2.15. The predicted octanol–water partition coefficient (Wildman–Crippen LogP) is 5.03. The van der Waals surface area contributed by atoms with Gasteiger partial charge in [-0.15, -0.1) is 0 Å². The summed E-state index contributed by atoms with van der Waals surface area (Å²) in [5, 5.41) is 2.34. The summed E-state index contributed by atoms with van der Waals surface area (Å²) in [6, 6.07) is 7.72. The minimum atomic E-state index is -4.53. The molecule has 0 heterocycles. The first-order chi connectivity index (χ1) is 12.2. The summed E-state index contributed by atoms with van der Waals surface area (Å²) < 4.78 is 48.5. The van der Waals surface area contributed by atoms with Crippen LogP contribution in [-0.2, 0) is 11.0 Å². The van der Waals surface area contributed by atoms with Crippen molar-refractivity contribution < 1.29 is 27.4 Å². The first-order valence-electron chi connectivity index (χ1n) is 7.32. The van der Waals surface area contributed by atoms with Crippen molar-refractivity contribution in [3.8, 4) is 11.5 Å². The van der Waals surface area contributed by atoms with Crippen molar-refractivity contribution in [2.24, 2.45) is 0 Å². The summed E-state index contributed by atoms with van der Waals surface area (Å²) in [5.74, 6) is 0.391. The van der Waals surface area contributed by atoms with Crippen LogP contribution >= 0.6 is 11.6 Å². The Morgan fingerprint density at radius 1 is 1.08 bits per heavy atom. The van der Waals surface area contributed by atoms with Gasteiger partial charge in [0.25, 0.3) is 0 Å². The van der Waals surface area contributed by atoms with Gasteiger partial charge in [-0.2, -0.15) is 13.2 Å². The molecule has 2 rings (SSSR count). The van der Waals surface area contributed by atoms with Gasteiger partial charge in [0.2, 0.25) is 5.91 Å². The van der Waals surface area contributed by atoms with Gasteiger partial charge in [-0.25, -0.2) is 0 Å². The fraction of sp³-hybridized carbons (Fsp3) is 0.167. The number of carbonyl (C=O) groups excluding carboxylic acids is 1. The maximum absolute atomic E-state index is 12.7. The Morgan fingerprint density at radius 2 is 1.77 bits per heavy atom. The van der Waals surface area contributed by atoms with Crippen molar-refractivity contribution in [3.05, 3.63) is 58.6 Å². The van der Waals surface area contributed by atoms with Crippen LogP contribution in [0, 0.1) is 0 Å². The van der Waals surface area contributed by atoms with E-state index in [1.807, 2.05) is 0 Å². The normalized spacial score (nSPS) is 11.5. The second-order valence-corrected chi connectivity index (χ2v) is 5.54. The second-order valence-electron chi connectivity index (χ2n) is 5.13. The lowest BCUT2D eigenvalue weighted by molar-refractivity contribution is -0.137. The zero-order chi connectivity index (χ0) is 19.3. The van der Waals surface area contributed by atoms with Gasteiger partial charge in [-0.05, 0) is 42.0 Å². The van der Waals surface area contributed by atoms with E-state index in [1.54, 1.807) is 18.2 Å². The smallest absolute Gasteiger partial charge is 0.416 e. The molecule has 0 radical (unpaired) electrons. The summed E-state index contributed by atoms with van der Waals surface area (Å²) in [7, 11) is 2.98. The molecule has 0 fully saturated rings. The van der Waals surface area contributed by atoms with E-state index in [0.717, 1.165) is 18.2 Å². The first-order valence-corrected chi connectivity index (χ1v) is 7.70. The maximum Gasteiger partial charge on any atom is 0.416 e. The number of amides is 1. The molecule has 0 aliphatic heterocycles. The molecule has 0 unspecified atom stereocenters. The Kier molecular flexibility index (Phi) is 6.15. The number of anilines is 1. The number of halogens is 4. The highest BCUT2D eigenvalue weighted by Gasteiger charge is 2.31. The third-order valence-corrected chi connectivity index (χ3v) is 3.72. The van der Waals surface area contributed by atoms with Crippen molar-refractivity contribution in [2.45, 2.75) is 6.18 Å². The van der Waals surface area contributed by atoms with E-state index in [4.69, 9.17) is 21.1 Å². The summed E-state index contributed by atoms with van der Waals surface area (Å²) in [4.78, 5) is 12.0. The topological polar surface area (TPSA) is 47.6 Å². The lowest BCUT2D eigenvalue weighted by Gasteiger charge is -2.10. The van der Waals surface area contributed by atoms with Crippen LogP contribution in [0.15, 0.2) is 42.5 Å². The standard InChI is InChI=1S/C18H15ClF3NO3/c1-25-15-7-3-11(9-16(15)26-2)4-8-17(24)23-14-10-12(18(20,21)22)5-6-13(14)19/h3-10H,1-2H3,(H,23,24)/b8-4+. The molecule has 0 saturated carbocycles. The van der Waals surface area contributed by atoms with Crippen LogP contribution in [0.25, 0.3) is 6.08 Å². The average Bonchev–Trinajstić information content (AvgIpc) is 2.60. The van der Waals surface area contributed by atoms with Crippen molar-refractivity contribution >= 4 is 29.3 Å². The summed E-state index contributed by atoms with van der Waals surface area (Å²) in [6.45, 7) is 0. The van der Waals surface area contributed by atoms with Crippen LogP contribution in [0.4, 0.5) is 18.9 Å². The number of hydrogen-bond donors (Lipinski definition) is 1. The van der Waals surface area contributed by atoms with Gasteiger partial charge in [-0.3, -0.25) is 4.79 Å². The quantitative estimate of drug-likeness (QED) is 0.734. The molecule has 0 bridgehead atoms. The highest BCUT2D eigenvalue weighted by atomic mass is 35.5. The molecular formula is C18H15ClF3NO3. The van der Waals surface area contributed by atoms with Gasteiger partial charge in [0.05, 0.1) is 30.5 Å². The third-order valence-electron chi connectivity index (χ3n) is 3.39. The van der Waals surface area contributed by atoms with E-state index in [-0.39, 0.29) is 10.7 Å². The second kappa shape index (κ2) is 8.14. The molecule has 2 aromatic carbocycles. The molecule has 138 valence electrons. The molecule has 0 atom stereocenters. The van der Waals surface area contributed by atoms with Gasteiger partial charge in [-0.1, -0.05) is 17.7 Å². The third kappa shape index (κ3) is 4.92. The molecule has 2 aromatic rings. The van der Waals surface area contributed by atoms with Gasteiger partial charge in [0, 0.05) is 6.08 Å². The number of hydrogen-bond acceptors (Lipinski definition) is 3. The number of nitrogens with one attached hydrogen (secondary N) is 1. The Labute approximate surface area is 153 Å². The van der Waals surface area contributed by atoms with Crippen LogP contribution < -0.4 is 14.8 Å². The van der Waals surface area contributed by atoms with Crippen molar-refractivity contribution in [1.82, 2.24) is 0 Å². The van der Waals surface area contributed by atoms with Crippen LogP contribution in [0.5, 0.6) is 11.5 Å². The first kappa shape index (κ1) is 19.7. The average molecular weight is 386 g/mol. The highest BCUT2D eigenvalue weighted by molar-refractivity contribution is 6.33. The minimum absolute atomic E-state index is 0.00543. The van der Waals surface area contributed by atoms with Gasteiger partial charge in [0.1, 0.15) is 0 Å². The summed E-state index contributed by atoms with van der Waals surface area (Å²) in [5.41, 5.74) is -0.377. The fourth-order valence-electron chi connectivity index (χ4n) is 2.10. The molecule has 0 aromatic heterocycles. The molecule has 0 saturated heterocycles. The van der Waals surface area contributed by atoms with Gasteiger partial charge < -0.3 is 14.8 Å². The molecule has 0 aliphatic rings. The molecule has 0 spiro atoms. The Bertz CT molecular complexity index is 835. The number of rotatable bonds is 5. The molecule has 0 aliphatic carbocycles. The molecule has 8 heteroatoms. The van der Waals surface area contributed by atoms with Crippen molar-refractivity contribution in [1.29, 1.82) is 0 Å². The number of ether oxygens (including phenoxy) is 2. The number of carbonyl (C=O) groups is 1. The van der Waals surface area contributed by atoms with Gasteiger partial charge in [0.15, 0.2) is 11.5 Å². The van der Waals surface area contributed by atoms with E-state index in [9.17, 15) is 18.0 Å². The highest BCUT2D eigenvalue weighted by Crippen LogP contribution is 2.34. The van der Waals surface area contributed by atoms with E-state index in [1.165, 1.54) is 26.4 Å². The van der Waals surface area contributed by atoms with E-state index in [0.29, 0.717) is 17.1 Å². The Morgan fingerprint density at radius 3 is 2.38 bits per heavy atom. The number of benzene rings is 2. The number of methoxy groups -OCH3 is 2. The largest absolute Gasteiger partial charge is 0.493 e. The zero-order valence-electron chi connectivity index (χ0n) is 13.9. The predicted molar refractivity (Wildman–Crippen MR) is 93.7 cm³/mol. The van der Waals surface area contributed by atoms with Crippen LogP contribution in [-0.4, -0.2) is 20.1 Å². The maximum atomic E-state index is 12.7. The van der Waals surface area contributed by atoms with Crippen molar-refractivity contribution in [2.75, 3.05) is 19.5 Å². The van der Waals surface area contributed by atoms with Crippen LogP contribution in [0.1, 0.15) is 11.1 Å². The monoisotopic (exact) mass is 385 g/mol. The lowest BCUT2D eigenvalue weighted by Crippen LogP contribution is -2.11. The van der Waals surface area contributed by atoms with E-state index in [2.05, 4.69) is 5.32 Å². The van der Waals surface area contributed by atoms with E-state index < -0.39 is 17.6 Å². The van der Waals surface area contributed by atoms with Crippen molar-refractivity contribution in [3.63, 3.8) is 0 Å². The fourth-order valence-corrected chi connectivity index (χ4v) is 2.26. The summed E-state index contributed by atoms with van der Waals surface area (Å²) >= 11 is 5.84. The molecule has 26 heavy (non-hydrogen) atoms. The Hall–Kier alpha value is -2.67. The molecular weight excluding hydrogens is 371 g/mol. The SMILES string of the molecule is COc1ccc(/C=C/C(=O)Nc2cc(C(F)(F)F)ccc2Cl)cc1OC. The van der Waals surface area contributed by atoms with Crippen LogP contribution in [0.3, 0.4) is 0 Å². The lowest BCUT2D eigenvalue weighted by atomic mass is 10.1. The molecule has 1 amide bonds. The van der Waals surface area contributed by atoms with E-state index >= 15 is 0 Å². The zero-order valence-corrected chi connectivity index (χ0v) is 14.6. The van der Waals surface area contributed by atoms with Crippen LogP contribution in [0.2, 0.25) is 5.02 Å². The molecule has 4 nitrogen and oxygen atoms in total. The molecule has 1 N–H and O–H groups in total. The number of alkyl halides is 3.